The standard InChI is InChI=1S/C27H42N4O5/c1-18(2)15-21(30-25(34)22-13-10-14-31(22)26(35)36-27(4,5)6)24(33)28-17-23(32)29-19(3)16-20-11-8-7-9-12-20/h7-9,11-12,18-19,21-22H,10,13-17H2,1-6H3,(H,28,33)(H,29,32)(H,30,34)/t19?,21-,22-/m0/s1. The van der Waals surface area contributed by atoms with E-state index in [1.165, 1.54) is 4.90 Å². The largest absolute Gasteiger partial charge is 0.444 e. The van der Waals surface area contributed by atoms with Crippen LogP contribution in [-0.2, 0) is 25.5 Å². The van der Waals surface area contributed by atoms with Gasteiger partial charge in [0.1, 0.15) is 17.7 Å². The van der Waals surface area contributed by atoms with Gasteiger partial charge in [-0.1, -0.05) is 44.2 Å². The number of amides is 4. The van der Waals surface area contributed by atoms with Gasteiger partial charge >= 0.3 is 6.09 Å². The molecule has 0 radical (unpaired) electrons. The first-order valence-electron chi connectivity index (χ1n) is 12.8. The second-order valence-corrected chi connectivity index (χ2v) is 10.9. The van der Waals surface area contributed by atoms with Crippen LogP contribution in [-0.4, -0.2) is 65.5 Å². The number of likely N-dealkylation sites (tertiary alicyclic amines) is 1. The molecule has 0 aliphatic carbocycles. The van der Waals surface area contributed by atoms with Gasteiger partial charge in [-0.25, -0.2) is 4.79 Å². The van der Waals surface area contributed by atoms with Gasteiger partial charge in [-0.2, -0.15) is 0 Å². The van der Waals surface area contributed by atoms with Crippen molar-refractivity contribution >= 4 is 23.8 Å². The van der Waals surface area contributed by atoms with Crippen LogP contribution >= 0.6 is 0 Å². The second kappa shape index (κ2) is 13.3. The molecule has 0 bridgehead atoms. The summed E-state index contributed by atoms with van der Waals surface area (Å²) in [6, 6.07) is 8.24. The molecular formula is C27H42N4O5. The molecule has 9 nitrogen and oxygen atoms in total. The van der Waals surface area contributed by atoms with Crippen molar-refractivity contribution in [1.29, 1.82) is 0 Å². The molecular weight excluding hydrogens is 460 g/mol. The topological polar surface area (TPSA) is 117 Å². The lowest BCUT2D eigenvalue weighted by atomic mass is 10.0. The maximum atomic E-state index is 13.1. The Kier molecular flexibility index (Phi) is 10.7. The van der Waals surface area contributed by atoms with Crippen molar-refractivity contribution in [2.75, 3.05) is 13.1 Å². The molecule has 9 heteroatoms. The number of carbonyl (C=O) groups excluding carboxylic acids is 4. The number of ether oxygens (including phenoxy) is 1. The molecule has 1 aliphatic rings. The van der Waals surface area contributed by atoms with Crippen molar-refractivity contribution < 1.29 is 23.9 Å². The molecule has 1 aromatic carbocycles. The smallest absolute Gasteiger partial charge is 0.410 e. The van der Waals surface area contributed by atoms with Crippen LogP contribution in [0.25, 0.3) is 0 Å². The zero-order valence-electron chi connectivity index (χ0n) is 22.4. The molecule has 1 saturated heterocycles. The average Bonchev–Trinajstić information content (AvgIpc) is 3.26. The Bertz CT molecular complexity index is 897. The minimum atomic E-state index is -0.812. The highest BCUT2D eigenvalue weighted by molar-refractivity contribution is 5.93. The minimum Gasteiger partial charge on any atom is -0.444 e. The predicted octanol–water partition coefficient (Wildman–Crippen LogP) is 2.78. The van der Waals surface area contributed by atoms with Crippen LogP contribution < -0.4 is 16.0 Å². The van der Waals surface area contributed by atoms with Gasteiger partial charge in [-0.3, -0.25) is 19.3 Å². The van der Waals surface area contributed by atoms with Crippen LogP contribution in [0, 0.1) is 5.92 Å². The molecule has 4 amide bonds. The van der Waals surface area contributed by atoms with Crippen LogP contribution in [0.2, 0.25) is 0 Å². The monoisotopic (exact) mass is 502 g/mol. The third-order valence-electron chi connectivity index (χ3n) is 5.74. The molecule has 0 aromatic heterocycles. The van der Waals surface area contributed by atoms with E-state index in [4.69, 9.17) is 4.74 Å². The molecule has 1 unspecified atom stereocenters. The zero-order chi connectivity index (χ0) is 26.9. The number of carbonyl (C=O) groups is 4. The summed E-state index contributed by atoms with van der Waals surface area (Å²) in [5, 5.41) is 8.34. The van der Waals surface area contributed by atoms with E-state index < -0.39 is 29.7 Å². The summed E-state index contributed by atoms with van der Waals surface area (Å²) in [4.78, 5) is 52.3. The molecule has 0 saturated carbocycles. The number of rotatable bonds is 10. The lowest BCUT2D eigenvalue weighted by Gasteiger charge is -2.29. The van der Waals surface area contributed by atoms with Crippen molar-refractivity contribution in [3.8, 4) is 0 Å². The average molecular weight is 503 g/mol. The zero-order valence-corrected chi connectivity index (χ0v) is 22.4. The van der Waals surface area contributed by atoms with E-state index in [0.29, 0.717) is 32.2 Å². The van der Waals surface area contributed by atoms with Gasteiger partial charge in [-0.15, -0.1) is 0 Å². The first kappa shape index (κ1) is 29.1. The van der Waals surface area contributed by atoms with Crippen LogP contribution in [0.5, 0.6) is 0 Å². The highest BCUT2D eigenvalue weighted by Gasteiger charge is 2.38. The summed E-state index contributed by atoms with van der Waals surface area (Å²) in [6.07, 6.45) is 1.74. The summed E-state index contributed by atoms with van der Waals surface area (Å²) < 4.78 is 5.44. The molecule has 200 valence electrons. The Hall–Kier alpha value is -3.10. The lowest BCUT2D eigenvalue weighted by Crippen LogP contribution is -2.54. The molecule has 1 aliphatic heterocycles. The van der Waals surface area contributed by atoms with Gasteiger partial charge in [-0.05, 0) is 64.9 Å². The number of nitrogens with one attached hydrogen (secondary N) is 3. The Morgan fingerprint density at radius 1 is 1.06 bits per heavy atom. The number of hydrogen-bond donors (Lipinski definition) is 3. The molecule has 1 aromatic rings. The summed E-state index contributed by atoms with van der Waals surface area (Å²) in [6.45, 7) is 11.4. The summed E-state index contributed by atoms with van der Waals surface area (Å²) >= 11 is 0. The van der Waals surface area contributed by atoms with E-state index in [9.17, 15) is 19.2 Å². The highest BCUT2D eigenvalue weighted by atomic mass is 16.6. The molecule has 3 atom stereocenters. The van der Waals surface area contributed by atoms with Gasteiger partial charge < -0.3 is 20.7 Å². The molecule has 2 rings (SSSR count). The number of nitrogens with zero attached hydrogens (tertiary/aromatic N) is 1. The van der Waals surface area contributed by atoms with Crippen molar-refractivity contribution in [3.05, 3.63) is 35.9 Å². The summed E-state index contributed by atoms with van der Waals surface area (Å²) in [5.74, 6) is -0.982. The van der Waals surface area contributed by atoms with Gasteiger partial charge in [0.15, 0.2) is 0 Å². The quantitative estimate of drug-likeness (QED) is 0.455. The van der Waals surface area contributed by atoms with E-state index in [1.54, 1.807) is 20.8 Å². The SMILES string of the molecule is CC(C)C[C@H](NC(=O)[C@@H]1CCCN1C(=O)OC(C)(C)C)C(=O)NCC(=O)NC(C)Cc1ccccc1. The Morgan fingerprint density at radius 2 is 1.72 bits per heavy atom. The van der Waals surface area contributed by atoms with E-state index in [0.717, 1.165) is 5.56 Å². The van der Waals surface area contributed by atoms with Crippen LogP contribution in [0.1, 0.15) is 66.4 Å². The molecule has 36 heavy (non-hydrogen) atoms. The number of benzene rings is 1. The third kappa shape index (κ3) is 9.87. The van der Waals surface area contributed by atoms with Crippen LogP contribution in [0.15, 0.2) is 30.3 Å². The van der Waals surface area contributed by atoms with Crippen molar-refractivity contribution in [1.82, 2.24) is 20.9 Å². The fraction of sp³-hybridized carbons (Fsp3) is 0.630. The van der Waals surface area contributed by atoms with E-state index in [-0.39, 0.29) is 30.3 Å². The molecule has 1 heterocycles. The number of hydrogen-bond acceptors (Lipinski definition) is 5. The van der Waals surface area contributed by atoms with Gasteiger partial charge in [0.2, 0.25) is 17.7 Å². The third-order valence-corrected chi connectivity index (χ3v) is 5.74. The Balaban J connectivity index is 1.91. The van der Waals surface area contributed by atoms with Crippen LogP contribution in [0.4, 0.5) is 4.79 Å². The first-order chi connectivity index (χ1) is 16.9. The summed E-state index contributed by atoms with van der Waals surface area (Å²) in [7, 11) is 0. The van der Waals surface area contributed by atoms with Crippen molar-refractivity contribution in [2.45, 2.75) is 91.0 Å². The normalized spacial score (nSPS) is 17.3. The van der Waals surface area contributed by atoms with Gasteiger partial charge in [0.25, 0.3) is 0 Å². The maximum Gasteiger partial charge on any atom is 0.410 e. The highest BCUT2D eigenvalue weighted by Crippen LogP contribution is 2.21. The molecule has 3 N–H and O–H groups in total. The predicted molar refractivity (Wildman–Crippen MR) is 138 cm³/mol. The second-order valence-electron chi connectivity index (χ2n) is 10.9. The van der Waals surface area contributed by atoms with Gasteiger partial charge in [0.05, 0.1) is 6.54 Å². The summed E-state index contributed by atoms with van der Waals surface area (Å²) in [5.41, 5.74) is 0.446. The molecule has 0 spiro atoms. The maximum absolute atomic E-state index is 13.1. The first-order valence-corrected chi connectivity index (χ1v) is 12.8. The fourth-order valence-electron chi connectivity index (χ4n) is 4.18. The Morgan fingerprint density at radius 3 is 2.33 bits per heavy atom. The van der Waals surface area contributed by atoms with Crippen molar-refractivity contribution in [2.24, 2.45) is 5.92 Å². The lowest BCUT2D eigenvalue weighted by molar-refractivity contribution is -0.132. The van der Waals surface area contributed by atoms with Crippen molar-refractivity contribution in [3.63, 3.8) is 0 Å². The van der Waals surface area contributed by atoms with Gasteiger partial charge in [0, 0.05) is 12.6 Å². The van der Waals surface area contributed by atoms with E-state index in [1.807, 2.05) is 51.1 Å². The fourth-order valence-corrected chi connectivity index (χ4v) is 4.18. The Labute approximate surface area is 214 Å². The minimum absolute atomic E-state index is 0.0934. The van der Waals surface area contributed by atoms with E-state index in [2.05, 4.69) is 16.0 Å². The molecule has 1 fully saturated rings. The van der Waals surface area contributed by atoms with E-state index >= 15 is 0 Å². The van der Waals surface area contributed by atoms with Crippen LogP contribution in [0.3, 0.4) is 0 Å².